The van der Waals surface area contributed by atoms with Gasteiger partial charge in [-0.15, -0.1) is 11.3 Å². The molecule has 3 aromatic rings. The Labute approximate surface area is 149 Å². The molecule has 6 nitrogen and oxygen atoms in total. The van der Waals surface area contributed by atoms with Gasteiger partial charge in [0.05, 0.1) is 28.2 Å². The Morgan fingerprint density at radius 2 is 2.36 bits per heavy atom. The van der Waals surface area contributed by atoms with E-state index in [1.807, 2.05) is 6.07 Å². The summed E-state index contributed by atoms with van der Waals surface area (Å²) in [5.74, 6) is -0.405. The van der Waals surface area contributed by atoms with Crippen molar-refractivity contribution >= 4 is 22.9 Å². The first-order chi connectivity index (χ1) is 12.1. The highest BCUT2D eigenvalue weighted by Gasteiger charge is 2.22. The maximum Gasteiger partial charge on any atom is 0.258 e. The Hall–Kier alpha value is -2.22. The summed E-state index contributed by atoms with van der Waals surface area (Å²) in [6, 6.07) is 7.82. The van der Waals surface area contributed by atoms with Crippen LogP contribution in [0.5, 0.6) is 0 Å². The van der Waals surface area contributed by atoms with Gasteiger partial charge in [-0.1, -0.05) is 0 Å². The molecule has 3 aromatic heterocycles. The number of ether oxygens (including phenoxy) is 1. The van der Waals surface area contributed by atoms with Crippen molar-refractivity contribution in [3.8, 4) is 10.6 Å². The summed E-state index contributed by atoms with van der Waals surface area (Å²) in [6.07, 6.45) is 2.93. The third kappa shape index (κ3) is 3.18. The van der Waals surface area contributed by atoms with Crippen LogP contribution in [-0.2, 0) is 11.2 Å². The number of thiophene rings is 1. The average molecular weight is 356 g/mol. The van der Waals surface area contributed by atoms with Gasteiger partial charge in [-0.2, -0.15) is 0 Å². The molecule has 1 fully saturated rings. The lowest BCUT2D eigenvalue weighted by Gasteiger charge is -2.23. The van der Waals surface area contributed by atoms with E-state index in [4.69, 9.17) is 15.5 Å². The number of aryl methyl sites for hydroxylation is 1. The Morgan fingerprint density at radius 1 is 1.48 bits per heavy atom. The molecule has 7 heteroatoms. The van der Waals surface area contributed by atoms with E-state index in [1.165, 1.54) is 11.3 Å². The van der Waals surface area contributed by atoms with Gasteiger partial charge in [-0.05, 0) is 36.8 Å². The summed E-state index contributed by atoms with van der Waals surface area (Å²) in [7, 11) is 0. The number of primary amides is 1. The van der Waals surface area contributed by atoms with Crippen molar-refractivity contribution < 1.29 is 9.53 Å². The maximum absolute atomic E-state index is 11.4. The first-order valence-corrected chi connectivity index (χ1v) is 9.13. The third-order valence-corrected chi connectivity index (χ3v) is 5.49. The number of nitrogens with one attached hydrogen (secondary N) is 1. The molecule has 1 aliphatic heterocycles. The molecule has 3 N–H and O–H groups in total. The van der Waals surface area contributed by atoms with Crippen LogP contribution >= 0.6 is 11.3 Å². The van der Waals surface area contributed by atoms with E-state index in [0.29, 0.717) is 4.88 Å². The fourth-order valence-electron chi connectivity index (χ4n) is 3.15. The number of aromatic nitrogens is 2. The van der Waals surface area contributed by atoms with Gasteiger partial charge in [0.25, 0.3) is 5.91 Å². The predicted octanol–water partition coefficient (Wildman–Crippen LogP) is 2.00. The molecule has 0 bridgehead atoms. The summed E-state index contributed by atoms with van der Waals surface area (Å²) < 4.78 is 8.00. The zero-order valence-electron chi connectivity index (χ0n) is 14.0. The van der Waals surface area contributed by atoms with Gasteiger partial charge in [0, 0.05) is 25.7 Å². The van der Waals surface area contributed by atoms with Crippen molar-refractivity contribution in [3.05, 3.63) is 46.6 Å². The number of carbonyl (C=O) groups excluding carboxylic acids is 1. The van der Waals surface area contributed by atoms with E-state index >= 15 is 0 Å². The van der Waals surface area contributed by atoms with Crippen LogP contribution < -0.4 is 11.1 Å². The second-order valence-electron chi connectivity index (χ2n) is 6.27. The molecule has 1 unspecified atom stereocenters. The Bertz CT molecular complexity index is 924. The third-order valence-electron chi connectivity index (χ3n) is 4.39. The highest BCUT2D eigenvalue weighted by atomic mass is 32.1. The van der Waals surface area contributed by atoms with Gasteiger partial charge in [0.1, 0.15) is 11.3 Å². The van der Waals surface area contributed by atoms with E-state index in [0.717, 1.165) is 53.6 Å². The van der Waals surface area contributed by atoms with Gasteiger partial charge in [0.2, 0.25) is 0 Å². The van der Waals surface area contributed by atoms with Crippen LogP contribution in [0.15, 0.2) is 30.5 Å². The fourth-order valence-corrected chi connectivity index (χ4v) is 4.02. The number of fused-ring (bicyclic) bond motifs is 1. The zero-order valence-corrected chi connectivity index (χ0v) is 14.8. The quantitative estimate of drug-likeness (QED) is 0.749. The van der Waals surface area contributed by atoms with Crippen LogP contribution in [-0.4, -0.2) is 41.1 Å². The van der Waals surface area contributed by atoms with Crippen molar-refractivity contribution in [3.63, 3.8) is 0 Å². The number of rotatable bonds is 4. The largest absolute Gasteiger partial charge is 0.375 e. The fraction of sp³-hybridized carbons (Fsp3) is 0.333. The number of hydrogen-bond donors (Lipinski definition) is 2. The highest BCUT2D eigenvalue weighted by molar-refractivity contribution is 7.17. The SMILES string of the molecule is Cc1ccn2c(CC3CNCCO3)c(-c3ccc(C(N)=O)s3)nc2c1. The van der Waals surface area contributed by atoms with E-state index < -0.39 is 5.91 Å². The summed E-state index contributed by atoms with van der Waals surface area (Å²) in [5, 5.41) is 3.37. The molecule has 25 heavy (non-hydrogen) atoms. The van der Waals surface area contributed by atoms with E-state index in [1.54, 1.807) is 6.07 Å². The van der Waals surface area contributed by atoms with Crippen LogP contribution in [0.1, 0.15) is 20.9 Å². The molecule has 0 radical (unpaired) electrons. The molecule has 1 aliphatic rings. The lowest BCUT2D eigenvalue weighted by Crippen LogP contribution is -2.39. The minimum Gasteiger partial charge on any atom is -0.375 e. The molecule has 0 aliphatic carbocycles. The lowest BCUT2D eigenvalue weighted by atomic mass is 10.1. The number of nitrogens with two attached hydrogens (primary N) is 1. The van der Waals surface area contributed by atoms with Crippen LogP contribution in [0.3, 0.4) is 0 Å². The van der Waals surface area contributed by atoms with Crippen molar-refractivity contribution in [2.75, 3.05) is 19.7 Å². The molecular formula is C18H20N4O2S. The average Bonchev–Trinajstić information content (AvgIpc) is 3.21. The van der Waals surface area contributed by atoms with Gasteiger partial charge >= 0.3 is 0 Å². The van der Waals surface area contributed by atoms with E-state index in [-0.39, 0.29) is 6.10 Å². The molecule has 4 rings (SSSR count). The van der Waals surface area contributed by atoms with Crippen LogP contribution in [0.25, 0.3) is 16.2 Å². The van der Waals surface area contributed by atoms with Gasteiger partial charge < -0.3 is 20.2 Å². The zero-order chi connectivity index (χ0) is 17.4. The number of imidazole rings is 1. The number of nitrogens with zero attached hydrogens (tertiary/aromatic N) is 2. The molecule has 1 atom stereocenters. The second kappa shape index (κ2) is 6.59. The Balaban J connectivity index is 1.80. The molecular weight excluding hydrogens is 336 g/mol. The van der Waals surface area contributed by atoms with Crippen LogP contribution in [0.2, 0.25) is 0 Å². The first-order valence-electron chi connectivity index (χ1n) is 8.32. The van der Waals surface area contributed by atoms with Gasteiger partial charge in [-0.3, -0.25) is 4.79 Å². The minimum atomic E-state index is -0.405. The van der Waals surface area contributed by atoms with E-state index in [2.05, 4.69) is 35.0 Å². The van der Waals surface area contributed by atoms with Crippen LogP contribution in [0, 0.1) is 6.92 Å². The van der Waals surface area contributed by atoms with Gasteiger partial charge in [-0.25, -0.2) is 4.98 Å². The molecule has 0 aromatic carbocycles. The molecule has 1 amide bonds. The highest BCUT2D eigenvalue weighted by Crippen LogP contribution is 2.32. The molecule has 0 spiro atoms. The smallest absolute Gasteiger partial charge is 0.258 e. The first kappa shape index (κ1) is 16.3. The number of hydrogen-bond acceptors (Lipinski definition) is 5. The monoisotopic (exact) mass is 356 g/mol. The number of amides is 1. The van der Waals surface area contributed by atoms with Gasteiger partial charge in [0.15, 0.2) is 0 Å². The molecule has 1 saturated heterocycles. The lowest BCUT2D eigenvalue weighted by molar-refractivity contribution is 0.0286. The van der Waals surface area contributed by atoms with Crippen LogP contribution in [0.4, 0.5) is 0 Å². The maximum atomic E-state index is 11.4. The summed E-state index contributed by atoms with van der Waals surface area (Å²) >= 11 is 1.38. The number of morpholine rings is 1. The topological polar surface area (TPSA) is 81.6 Å². The minimum absolute atomic E-state index is 0.115. The Kier molecular flexibility index (Phi) is 4.29. The predicted molar refractivity (Wildman–Crippen MR) is 98.1 cm³/mol. The summed E-state index contributed by atoms with van der Waals surface area (Å²) in [5.41, 5.74) is 9.47. The molecule has 130 valence electrons. The van der Waals surface area contributed by atoms with Crippen molar-refractivity contribution in [2.24, 2.45) is 5.73 Å². The van der Waals surface area contributed by atoms with Crippen molar-refractivity contribution in [2.45, 2.75) is 19.4 Å². The van der Waals surface area contributed by atoms with Crippen molar-refractivity contribution in [1.82, 2.24) is 14.7 Å². The Morgan fingerprint density at radius 3 is 3.08 bits per heavy atom. The summed E-state index contributed by atoms with van der Waals surface area (Å²) in [4.78, 5) is 17.8. The second-order valence-corrected chi connectivity index (χ2v) is 7.35. The number of pyridine rings is 1. The van der Waals surface area contributed by atoms with Crippen molar-refractivity contribution in [1.29, 1.82) is 0 Å². The number of carbonyl (C=O) groups is 1. The van der Waals surface area contributed by atoms with E-state index in [9.17, 15) is 4.79 Å². The summed E-state index contributed by atoms with van der Waals surface area (Å²) in [6.45, 7) is 4.50. The standard InChI is InChI=1S/C18H20N4O2S/c1-11-4-6-22-13(9-12-10-20-5-7-24-12)17(21-16(22)8-11)14-2-3-15(25-14)18(19)23/h2-4,6,8,12,20H,5,7,9-10H2,1H3,(H2,19,23). The molecule has 4 heterocycles. The molecule has 0 saturated carbocycles. The normalized spacial score (nSPS) is 17.9.